The third-order valence-corrected chi connectivity index (χ3v) is 2.11. The molecule has 0 bridgehead atoms. The highest BCUT2D eigenvalue weighted by molar-refractivity contribution is 9.10. The molecule has 0 aliphatic heterocycles. The standard InChI is InChI=1S/C8H12BrN5O/c1-4(7(15)11-2)12-8-13-5(9)3-6(10)14-8/h3-4H,1-2H3,(H,11,15)(H3,10,12,13,14). The van der Waals surface area contributed by atoms with Gasteiger partial charge in [0.2, 0.25) is 11.9 Å². The number of carbonyl (C=O) groups excluding carboxylic acids is 1. The van der Waals surface area contributed by atoms with Crippen molar-refractivity contribution in [2.75, 3.05) is 18.1 Å². The van der Waals surface area contributed by atoms with E-state index in [1.807, 2.05) is 0 Å². The lowest BCUT2D eigenvalue weighted by Crippen LogP contribution is -2.35. The maximum atomic E-state index is 11.2. The molecule has 0 aliphatic rings. The van der Waals surface area contributed by atoms with E-state index in [1.54, 1.807) is 20.0 Å². The van der Waals surface area contributed by atoms with Crippen LogP contribution in [0.3, 0.4) is 0 Å². The summed E-state index contributed by atoms with van der Waals surface area (Å²) in [4.78, 5) is 19.2. The van der Waals surface area contributed by atoms with Crippen LogP contribution in [0.5, 0.6) is 0 Å². The van der Waals surface area contributed by atoms with Gasteiger partial charge in [0.05, 0.1) is 0 Å². The highest BCUT2D eigenvalue weighted by atomic mass is 79.9. The Labute approximate surface area is 95.8 Å². The van der Waals surface area contributed by atoms with Crippen LogP contribution in [-0.4, -0.2) is 29.0 Å². The largest absolute Gasteiger partial charge is 0.383 e. The van der Waals surface area contributed by atoms with E-state index < -0.39 is 6.04 Å². The monoisotopic (exact) mass is 273 g/mol. The van der Waals surface area contributed by atoms with Crippen molar-refractivity contribution in [3.8, 4) is 0 Å². The average Bonchev–Trinajstić information content (AvgIpc) is 2.14. The lowest BCUT2D eigenvalue weighted by Gasteiger charge is -2.12. The molecule has 4 N–H and O–H groups in total. The molecule has 15 heavy (non-hydrogen) atoms. The number of nitrogens with zero attached hydrogens (tertiary/aromatic N) is 2. The molecular formula is C8H12BrN5O. The van der Waals surface area contributed by atoms with Gasteiger partial charge in [-0.05, 0) is 22.9 Å². The van der Waals surface area contributed by atoms with Gasteiger partial charge in [0.25, 0.3) is 0 Å². The number of aromatic nitrogens is 2. The summed E-state index contributed by atoms with van der Waals surface area (Å²) < 4.78 is 0.571. The van der Waals surface area contributed by atoms with E-state index in [4.69, 9.17) is 5.73 Å². The molecule has 1 amide bonds. The number of carbonyl (C=O) groups is 1. The van der Waals surface area contributed by atoms with E-state index in [-0.39, 0.29) is 5.91 Å². The van der Waals surface area contributed by atoms with E-state index in [2.05, 4.69) is 36.5 Å². The summed E-state index contributed by atoms with van der Waals surface area (Å²) >= 11 is 3.19. The van der Waals surface area contributed by atoms with Crippen LogP contribution in [0.4, 0.5) is 11.8 Å². The maximum Gasteiger partial charge on any atom is 0.242 e. The van der Waals surface area contributed by atoms with Crippen molar-refractivity contribution in [2.45, 2.75) is 13.0 Å². The Balaban J connectivity index is 2.76. The molecule has 0 fully saturated rings. The molecule has 1 unspecified atom stereocenters. The predicted octanol–water partition coefficient (Wildman–Crippen LogP) is 0.368. The molecule has 1 aromatic rings. The number of halogens is 1. The van der Waals surface area contributed by atoms with Crippen molar-refractivity contribution in [3.63, 3.8) is 0 Å². The average molecular weight is 274 g/mol. The molecule has 0 aliphatic carbocycles. The number of nitrogen functional groups attached to an aromatic ring is 1. The van der Waals surface area contributed by atoms with Crippen molar-refractivity contribution >= 4 is 33.6 Å². The van der Waals surface area contributed by atoms with Crippen LogP contribution >= 0.6 is 15.9 Å². The van der Waals surface area contributed by atoms with Gasteiger partial charge in [-0.3, -0.25) is 4.79 Å². The smallest absolute Gasteiger partial charge is 0.242 e. The van der Waals surface area contributed by atoms with E-state index in [9.17, 15) is 4.79 Å². The van der Waals surface area contributed by atoms with Gasteiger partial charge in [-0.2, -0.15) is 4.98 Å². The summed E-state index contributed by atoms with van der Waals surface area (Å²) in [5.41, 5.74) is 5.52. The molecule has 0 aromatic carbocycles. The molecule has 6 nitrogen and oxygen atoms in total. The van der Waals surface area contributed by atoms with Gasteiger partial charge < -0.3 is 16.4 Å². The highest BCUT2D eigenvalue weighted by Gasteiger charge is 2.12. The second-order valence-corrected chi connectivity index (χ2v) is 3.73. The molecule has 0 radical (unpaired) electrons. The van der Waals surface area contributed by atoms with E-state index >= 15 is 0 Å². The normalized spacial score (nSPS) is 11.9. The number of nitrogens with two attached hydrogens (primary N) is 1. The summed E-state index contributed by atoms with van der Waals surface area (Å²) in [5.74, 6) is 0.513. The first-order valence-corrected chi connectivity index (χ1v) is 5.10. The number of anilines is 2. The van der Waals surface area contributed by atoms with Crippen LogP contribution in [0.1, 0.15) is 6.92 Å². The third-order valence-electron chi connectivity index (χ3n) is 1.70. The van der Waals surface area contributed by atoms with Crippen LogP contribution < -0.4 is 16.4 Å². The van der Waals surface area contributed by atoms with Crippen LogP contribution in [-0.2, 0) is 4.79 Å². The second-order valence-electron chi connectivity index (χ2n) is 2.92. The Hall–Kier alpha value is -1.37. The first kappa shape index (κ1) is 11.7. The Bertz CT molecular complexity index is 350. The minimum absolute atomic E-state index is 0.142. The lowest BCUT2D eigenvalue weighted by molar-refractivity contribution is -0.121. The predicted molar refractivity (Wildman–Crippen MR) is 61.3 cm³/mol. The molecule has 1 heterocycles. The van der Waals surface area contributed by atoms with Gasteiger partial charge in [0, 0.05) is 13.1 Å². The number of hydrogen-bond acceptors (Lipinski definition) is 5. The van der Waals surface area contributed by atoms with Gasteiger partial charge in [0.15, 0.2) is 0 Å². The number of amides is 1. The van der Waals surface area contributed by atoms with Crippen LogP contribution in [0.2, 0.25) is 0 Å². The Morgan fingerprint density at radius 2 is 2.27 bits per heavy atom. The van der Waals surface area contributed by atoms with Crippen LogP contribution in [0.25, 0.3) is 0 Å². The van der Waals surface area contributed by atoms with Crippen molar-refractivity contribution < 1.29 is 4.79 Å². The Kier molecular flexibility index (Phi) is 3.84. The van der Waals surface area contributed by atoms with E-state index in [1.165, 1.54) is 0 Å². The third kappa shape index (κ3) is 3.35. The molecule has 0 spiro atoms. The molecule has 7 heteroatoms. The van der Waals surface area contributed by atoms with Crippen molar-refractivity contribution in [2.24, 2.45) is 0 Å². The summed E-state index contributed by atoms with van der Waals surface area (Å²) in [6.07, 6.45) is 0. The molecule has 1 atom stereocenters. The zero-order valence-electron chi connectivity index (χ0n) is 8.41. The van der Waals surface area contributed by atoms with Gasteiger partial charge in [-0.15, -0.1) is 0 Å². The van der Waals surface area contributed by atoms with E-state index in [0.717, 1.165) is 0 Å². The van der Waals surface area contributed by atoms with Gasteiger partial charge in [-0.25, -0.2) is 4.98 Å². The Morgan fingerprint density at radius 3 is 2.80 bits per heavy atom. The second kappa shape index (κ2) is 4.92. The van der Waals surface area contributed by atoms with Crippen LogP contribution in [0.15, 0.2) is 10.7 Å². The van der Waals surface area contributed by atoms with Crippen molar-refractivity contribution in [1.29, 1.82) is 0 Å². The van der Waals surface area contributed by atoms with Crippen molar-refractivity contribution in [3.05, 3.63) is 10.7 Å². The van der Waals surface area contributed by atoms with Crippen LogP contribution in [0, 0.1) is 0 Å². The Morgan fingerprint density at radius 1 is 1.60 bits per heavy atom. The first-order chi connectivity index (χ1) is 7.02. The number of rotatable bonds is 3. The molecule has 1 rings (SSSR count). The summed E-state index contributed by atoms with van der Waals surface area (Å²) in [6, 6.07) is 1.17. The molecule has 1 aromatic heterocycles. The van der Waals surface area contributed by atoms with E-state index in [0.29, 0.717) is 16.4 Å². The van der Waals surface area contributed by atoms with Gasteiger partial charge >= 0.3 is 0 Å². The first-order valence-electron chi connectivity index (χ1n) is 4.31. The number of likely N-dealkylation sites (N-methyl/N-ethyl adjacent to an activating group) is 1. The van der Waals surface area contributed by atoms with Crippen molar-refractivity contribution in [1.82, 2.24) is 15.3 Å². The van der Waals surface area contributed by atoms with Gasteiger partial charge in [-0.1, -0.05) is 0 Å². The lowest BCUT2D eigenvalue weighted by atomic mass is 10.3. The summed E-state index contributed by atoms with van der Waals surface area (Å²) in [6.45, 7) is 1.71. The number of nitrogens with one attached hydrogen (secondary N) is 2. The minimum atomic E-state index is -0.413. The fourth-order valence-corrected chi connectivity index (χ4v) is 1.38. The SMILES string of the molecule is CNC(=O)C(C)Nc1nc(N)cc(Br)n1. The summed E-state index contributed by atoms with van der Waals surface area (Å²) in [5, 5.41) is 5.34. The fraction of sp³-hybridized carbons (Fsp3) is 0.375. The molecule has 0 saturated heterocycles. The minimum Gasteiger partial charge on any atom is -0.383 e. The topological polar surface area (TPSA) is 92.9 Å². The molecule has 82 valence electrons. The van der Waals surface area contributed by atoms with Gasteiger partial charge in [0.1, 0.15) is 16.5 Å². The summed E-state index contributed by atoms with van der Waals surface area (Å²) in [7, 11) is 1.57. The zero-order valence-corrected chi connectivity index (χ0v) is 10.00. The molecule has 0 saturated carbocycles. The number of hydrogen-bond donors (Lipinski definition) is 3. The zero-order chi connectivity index (χ0) is 11.4. The quantitative estimate of drug-likeness (QED) is 0.692. The maximum absolute atomic E-state index is 11.2. The highest BCUT2D eigenvalue weighted by Crippen LogP contribution is 2.12. The molecular weight excluding hydrogens is 262 g/mol. The fourth-order valence-electron chi connectivity index (χ4n) is 0.975.